The zero-order valence-corrected chi connectivity index (χ0v) is 9.21. The fraction of sp³-hybridized carbons (Fsp3) is 0.400. The Morgan fingerprint density at radius 1 is 1.41 bits per heavy atom. The summed E-state index contributed by atoms with van der Waals surface area (Å²) in [5.41, 5.74) is -2.21. The third-order valence-corrected chi connectivity index (χ3v) is 3.06. The molecule has 7 heteroatoms. The molecule has 0 amide bonds. The van der Waals surface area contributed by atoms with E-state index in [9.17, 15) is 19.7 Å². The van der Waals surface area contributed by atoms with Crippen molar-refractivity contribution in [2.75, 3.05) is 0 Å². The molecular formula is C10H11NO6. The second kappa shape index (κ2) is 4.00. The Kier molecular flexibility index (Phi) is 3.03. The van der Waals surface area contributed by atoms with Gasteiger partial charge in [0.1, 0.15) is 0 Å². The van der Waals surface area contributed by atoms with Gasteiger partial charge in [-0.25, -0.2) is 4.79 Å². The van der Waals surface area contributed by atoms with Crippen LogP contribution in [0.1, 0.15) is 13.8 Å². The van der Waals surface area contributed by atoms with Crippen molar-refractivity contribution in [1.29, 1.82) is 0 Å². The molecule has 92 valence electrons. The number of rotatable bonds is 3. The molecule has 0 aromatic heterocycles. The van der Waals surface area contributed by atoms with Crippen LogP contribution in [-0.4, -0.2) is 32.6 Å². The summed E-state index contributed by atoms with van der Waals surface area (Å²) in [5.74, 6) is -4.68. The van der Waals surface area contributed by atoms with Crippen molar-refractivity contribution in [2.45, 2.75) is 19.4 Å². The van der Waals surface area contributed by atoms with Gasteiger partial charge in [-0.3, -0.25) is 14.9 Å². The van der Waals surface area contributed by atoms with Gasteiger partial charge in [-0.15, -0.1) is 0 Å². The molecule has 17 heavy (non-hydrogen) atoms. The summed E-state index contributed by atoms with van der Waals surface area (Å²) in [6.07, 6.45) is 2.37. The van der Waals surface area contributed by atoms with E-state index in [0.29, 0.717) is 0 Å². The molecule has 1 aliphatic rings. The summed E-state index contributed by atoms with van der Waals surface area (Å²) in [6, 6.07) is 0. The molecule has 0 aromatic carbocycles. The Morgan fingerprint density at radius 3 is 2.29 bits per heavy atom. The highest BCUT2D eigenvalue weighted by Crippen LogP contribution is 2.37. The molecule has 0 heterocycles. The van der Waals surface area contributed by atoms with Crippen molar-refractivity contribution in [3.05, 3.63) is 33.4 Å². The van der Waals surface area contributed by atoms with Crippen LogP contribution in [0.2, 0.25) is 0 Å². The fourth-order valence-corrected chi connectivity index (χ4v) is 1.83. The highest BCUT2D eigenvalue weighted by molar-refractivity contribution is 5.95. The number of hydrogen-bond acceptors (Lipinski definition) is 4. The number of carboxylic acid groups (broad SMARTS) is 2. The van der Waals surface area contributed by atoms with Gasteiger partial charge in [0, 0.05) is 17.4 Å². The first-order valence-electron chi connectivity index (χ1n) is 4.72. The van der Waals surface area contributed by atoms with Crippen molar-refractivity contribution in [3.63, 3.8) is 0 Å². The number of nitro groups is 1. The average molecular weight is 241 g/mol. The van der Waals surface area contributed by atoms with Crippen LogP contribution in [0.4, 0.5) is 0 Å². The lowest BCUT2D eigenvalue weighted by Crippen LogP contribution is -2.50. The minimum atomic E-state index is -1.94. The number of carboxylic acids is 2. The van der Waals surface area contributed by atoms with Gasteiger partial charge in [0.2, 0.25) is 0 Å². The number of nitrogens with zero attached hydrogens (tertiary/aromatic N) is 1. The molecule has 1 rings (SSSR count). The average Bonchev–Trinajstić information content (AvgIpc) is 2.20. The molecule has 0 spiro atoms. The van der Waals surface area contributed by atoms with Crippen molar-refractivity contribution < 1.29 is 24.7 Å². The molecule has 2 unspecified atom stereocenters. The molecular weight excluding hydrogens is 230 g/mol. The largest absolute Gasteiger partial charge is 0.481 e. The highest BCUT2D eigenvalue weighted by atomic mass is 16.6. The molecule has 2 N–H and O–H groups in total. The van der Waals surface area contributed by atoms with E-state index in [2.05, 4.69) is 0 Å². The Hall–Kier alpha value is -2.18. The SMILES string of the molecule is CC1=CC=C(C(=O)O)C(C(=O)O)C1(C)[N+](=O)[O-]. The van der Waals surface area contributed by atoms with Crippen LogP contribution in [0, 0.1) is 16.0 Å². The van der Waals surface area contributed by atoms with Crippen molar-refractivity contribution in [2.24, 2.45) is 5.92 Å². The van der Waals surface area contributed by atoms with Gasteiger partial charge in [0.25, 0.3) is 5.54 Å². The van der Waals surface area contributed by atoms with Gasteiger partial charge in [-0.2, -0.15) is 0 Å². The van der Waals surface area contributed by atoms with Crippen LogP contribution in [-0.2, 0) is 9.59 Å². The van der Waals surface area contributed by atoms with E-state index in [0.717, 1.165) is 13.0 Å². The van der Waals surface area contributed by atoms with Gasteiger partial charge >= 0.3 is 11.9 Å². The molecule has 0 fully saturated rings. The smallest absolute Gasteiger partial charge is 0.332 e. The normalized spacial score (nSPS) is 28.0. The molecule has 0 saturated heterocycles. The van der Waals surface area contributed by atoms with Gasteiger partial charge < -0.3 is 10.2 Å². The number of aliphatic carboxylic acids is 2. The maximum Gasteiger partial charge on any atom is 0.332 e. The van der Waals surface area contributed by atoms with Crippen LogP contribution in [0.3, 0.4) is 0 Å². The lowest BCUT2D eigenvalue weighted by atomic mass is 9.73. The topological polar surface area (TPSA) is 118 Å². The summed E-state index contributed by atoms with van der Waals surface area (Å²) in [6.45, 7) is 2.53. The van der Waals surface area contributed by atoms with Crippen LogP contribution < -0.4 is 0 Å². The molecule has 0 saturated carbocycles. The standard InChI is InChI=1S/C10H11NO6/c1-5-3-4-6(8(12)13)7(9(14)15)10(5,2)11(16)17/h3-4,7H,1-2H3,(H,12,13)(H,14,15). The maximum atomic E-state index is 11.1. The first-order chi connectivity index (χ1) is 7.72. The van der Waals surface area contributed by atoms with Crippen molar-refractivity contribution >= 4 is 11.9 Å². The monoisotopic (exact) mass is 241 g/mol. The van der Waals surface area contributed by atoms with E-state index >= 15 is 0 Å². The molecule has 2 atom stereocenters. The summed E-state index contributed by atoms with van der Waals surface area (Å²) in [7, 11) is 0. The first-order valence-corrected chi connectivity index (χ1v) is 4.72. The van der Waals surface area contributed by atoms with E-state index in [-0.39, 0.29) is 5.57 Å². The summed E-state index contributed by atoms with van der Waals surface area (Å²) in [5, 5.41) is 28.9. The minimum absolute atomic E-state index is 0.208. The molecule has 1 aliphatic carbocycles. The van der Waals surface area contributed by atoms with E-state index < -0.39 is 33.9 Å². The van der Waals surface area contributed by atoms with Crippen molar-refractivity contribution in [1.82, 2.24) is 0 Å². The quantitative estimate of drug-likeness (QED) is 0.554. The number of carbonyl (C=O) groups is 2. The van der Waals surface area contributed by atoms with E-state index in [1.165, 1.54) is 13.0 Å². The van der Waals surface area contributed by atoms with Crippen molar-refractivity contribution in [3.8, 4) is 0 Å². The highest BCUT2D eigenvalue weighted by Gasteiger charge is 2.56. The van der Waals surface area contributed by atoms with Gasteiger partial charge in [0.15, 0.2) is 5.92 Å². The molecule has 7 nitrogen and oxygen atoms in total. The third-order valence-electron chi connectivity index (χ3n) is 3.06. The van der Waals surface area contributed by atoms with Crippen LogP contribution in [0.25, 0.3) is 0 Å². The molecule has 0 bridgehead atoms. The van der Waals surface area contributed by atoms with Gasteiger partial charge in [-0.1, -0.05) is 12.2 Å². The first kappa shape index (κ1) is 12.9. The Labute approximate surface area is 96.2 Å². The number of allylic oxidation sites excluding steroid dienone is 2. The zero-order chi connectivity index (χ0) is 13.4. The molecule has 0 aliphatic heterocycles. The zero-order valence-electron chi connectivity index (χ0n) is 9.21. The predicted octanol–water partition coefficient (Wildman–Crippen LogP) is 0.694. The second-order valence-electron chi connectivity index (χ2n) is 3.95. The Bertz CT molecular complexity index is 463. The molecule has 0 aromatic rings. The summed E-state index contributed by atoms with van der Waals surface area (Å²) >= 11 is 0. The predicted molar refractivity (Wildman–Crippen MR) is 56.0 cm³/mol. The van der Waals surface area contributed by atoms with E-state index in [4.69, 9.17) is 10.2 Å². The number of hydrogen-bond donors (Lipinski definition) is 2. The molecule has 0 radical (unpaired) electrons. The lowest BCUT2D eigenvalue weighted by Gasteiger charge is -2.30. The maximum absolute atomic E-state index is 11.1. The van der Waals surface area contributed by atoms with E-state index in [1.807, 2.05) is 0 Å². The lowest BCUT2D eigenvalue weighted by molar-refractivity contribution is -0.559. The Balaban J connectivity index is 3.47. The Morgan fingerprint density at radius 2 is 1.94 bits per heavy atom. The summed E-state index contributed by atoms with van der Waals surface area (Å²) < 4.78 is 0. The van der Waals surface area contributed by atoms with Crippen LogP contribution in [0.15, 0.2) is 23.3 Å². The van der Waals surface area contributed by atoms with Crippen LogP contribution >= 0.6 is 0 Å². The second-order valence-corrected chi connectivity index (χ2v) is 3.95. The minimum Gasteiger partial charge on any atom is -0.481 e. The van der Waals surface area contributed by atoms with Gasteiger partial charge in [-0.05, 0) is 6.92 Å². The summed E-state index contributed by atoms with van der Waals surface area (Å²) in [4.78, 5) is 32.3. The fourth-order valence-electron chi connectivity index (χ4n) is 1.83. The van der Waals surface area contributed by atoms with Crippen LogP contribution in [0.5, 0.6) is 0 Å². The van der Waals surface area contributed by atoms with Gasteiger partial charge in [0.05, 0.1) is 5.57 Å². The van der Waals surface area contributed by atoms with E-state index in [1.54, 1.807) is 0 Å². The third kappa shape index (κ3) is 1.79.